The van der Waals surface area contributed by atoms with E-state index >= 15 is 0 Å². The van der Waals surface area contributed by atoms with Crippen LogP contribution in [0.1, 0.15) is 16.1 Å². The van der Waals surface area contributed by atoms with E-state index in [4.69, 9.17) is 10.5 Å². The zero-order valence-corrected chi connectivity index (χ0v) is 11.9. The molecule has 0 aliphatic rings. The minimum Gasteiger partial charge on any atom is -0.456 e. The third-order valence-electron chi connectivity index (χ3n) is 2.88. The molecule has 3 aromatic rings. The number of hydrogen-bond acceptors (Lipinski definition) is 5. The molecule has 1 aromatic carbocycles. The van der Waals surface area contributed by atoms with E-state index in [1.165, 1.54) is 0 Å². The Labute approximate surface area is 125 Å². The van der Waals surface area contributed by atoms with E-state index in [-0.39, 0.29) is 12.3 Å². The average Bonchev–Trinajstić information content (AvgIpc) is 3.16. The quantitative estimate of drug-likeness (QED) is 0.594. The van der Waals surface area contributed by atoms with Crippen LogP contribution in [0, 0.1) is 0 Å². The van der Waals surface area contributed by atoms with Crippen LogP contribution in [-0.4, -0.2) is 15.7 Å². The van der Waals surface area contributed by atoms with Crippen molar-refractivity contribution in [2.75, 3.05) is 5.73 Å². The Bertz CT molecular complexity index is 750. The molecule has 0 aliphatic carbocycles. The summed E-state index contributed by atoms with van der Waals surface area (Å²) in [4.78, 5) is 11.9. The van der Waals surface area contributed by atoms with E-state index in [0.29, 0.717) is 5.69 Å². The lowest BCUT2D eigenvalue weighted by atomic mass is 10.3. The third-order valence-corrected chi connectivity index (χ3v) is 3.62. The summed E-state index contributed by atoms with van der Waals surface area (Å²) in [5.41, 5.74) is 8.42. The lowest BCUT2D eigenvalue weighted by Crippen LogP contribution is -2.07. The smallest absolute Gasteiger partial charge is 0.359 e. The van der Waals surface area contributed by atoms with Gasteiger partial charge < -0.3 is 10.5 Å². The lowest BCUT2D eigenvalue weighted by Gasteiger charge is -2.02. The van der Waals surface area contributed by atoms with Gasteiger partial charge >= 0.3 is 5.97 Å². The van der Waals surface area contributed by atoms with E-state index in [1.54, 1.807) is 40.4 Å². The molecular weight excluding hydrogens is 286 g/mol. The van der Waals surface area contributed by atoms with Crippen molar-refractivity contribution in [3.63, 3.8) is 0 Å². The van der Waals surface area contributed by atoms with Gasteiger partial charge in [-0.15, -0.1) is 0 Å². The molecule has 6 heteroatoms. The van der Waals surface area contributed by atoms with Crippen molar-refractivity contribution in [1.82, 2.24) is 9.78 Å². The van der Waals surface area contributed by atoms with Crippen LogP contribution < -0.4 is 5.73 Å². The molecule has 0 saturated carbocycles. The fraction of sp³-hybridized carbons (Fsp3) is 0.0667. The van der Waals surface area contributed by atoms with E-state index in [9.17, 15) is 4.79 Å². The number of benzene rings is 1. The number of ether oxygens (including phenoxy) is 1. The summed E-state index contributed by atoms with van der Waals surface area (Å²) < 4.78 is 6.81. The first-order valence-electron chi connectivity index (χ1n) is 6.32. The van der Waals surface area contributed by atoms with Gasteiger partial charge in [0.15, 0.2) is 5.69 Å². The molecule has 0 aliphatic heterocycles. The first-order valence-corrected chi connectivity index (χ1v) is 7.26. The molecular formula is C15H13N3O2S. The predicted octanol–water partition coefficient (Wildman–Crippen LogP) is 2.87. The molecule has 0 radical (unpaired) electrons. The van der Waals surface area contributed by atoms with Gasteiger partial charge in [0.2, 0.25) is 0 Å². The molecule has 5 nitrogen and oxygen atoms in total. The fourth-order valence-corrected chi connectivity index (χ4v) is 2.49. The van der Waals surface area contributed by atoms with E-state index in [1.807, 2.05) is 29.0 Å². The van der Waals surface area contributed by atoms with Crippen LogP contribution >= 0.6 is 11.3 Å². The number of esters is 1. The average molecular weight is 299 g/mol. The number of rotatable bonds is 4. The molecule has 106 valence electrons. The molecule has 0 atom stereocenters. The zero-order valence-electron chi connectivity index (χ0n) is 11.1. The molecule has 2 aromatic heterocycles. The fourth-order valence-electron chi connectivity index (χ4n) is 1.84. The number of carbonyl (C=O) groups excluding carboxylic acids is 1. The minimum atomic E-state index is -0.441. The van der Waals surface area contributed by atoms with Gasteiger partial charge in [-0.1, -0.05) is 6.07 Å². The Morgan fingerprint density at radius 1 is 1.33 bits per heavy atom. The van der Waals surface area contributed by atoms with Gasteiger partial charge in [-0.25, -0.2) is 9.48 Å². The highest BCUT2D eigenvalue weighted by Crippen LogP contribution is 2.13. The van der Waals surface area contributed by atoms with Gasteiger partial charge in [0.05, 0.1) is 5.69 Å². The molecule has 2 N–H and O–H groups in total. The number of anilines is 1. The molecule has 0 amide bonds. The van der Waals surface area contributed by atoms with Crippen LogP contribution in [0.5, 0.6) is 0 Å². The first-order chi connectivity index (χ1) is 10.2. The maximum absolute atomic E-state index is 11.9. The van der Waals surface area contributed by atoms with Gasteiger partial charge in [-0.3, -0.25) is 0 Å². The van der Waals surface area contributed by atoms with Crippen LogP contribution in [0.25, 0.3) is 5.69 Å². The highest BCUT2D eigenvalue weighted by atomic mass is 32.1. The van der Waals surface area contributed by atoms with Crippen LogP contribution in [0.3, 0.4) is 0 Å². The van der Waals surface area contributed by atoms with Crippen molar-refractivity contribution in [3.05, 3.63) is 64.6 Å². The number of hydrogen-bond donors (Lipinski definition) is 1. The number of nitrogens with zero attached hydrogens (tertiary/aromatic N) is 2. The van der Waals surface area contributed by atoms with Crippen molar-refractivity contribution in [1.29, 1.82) is 0 Å². The minimum absolute atomic E-state index is 0.257. The first kappa shape index (κ1) is 13.4. The molecule has 0 unspecified atom stereocenters. The van der Waals surface area contributed by atoms with Gasteiger partial charge in [0, 0.05) is 17.4 Å². The molecule has 3 rings (SSSR count). The Balaban J connectivity index is 1.71. The number of nitrogen functional groups attached to an aromatic ring is 1. The zero-order chi connectivity index (χ0) is 14.7. The van der Waals surface area contributed by atoms with Gasteiger partial charge in [0.1, 0.15) is 6.61 Å². The Morgan fingerprint density at radius 3 is 3.00 bits per heavy atom. The molecule has 0 fully saturated rings. The van der Waals surface area contributed by atoms with Crippen molar-refractivity contribution < 1.29 is 9.53 Å². The van der Waals surface area contributed by atoms with Crippen LogP contribution in [0.15, 0.2) is 53.4 Å². The summed E-state index contributed by atoms with van der Waals surface area (Å²) in [6.45, 7) is 0.257. The van der Waals surface area contributed by atoms with E-state index in [0.717, 1.165) is 11.3 Å². The summed E-state index contributed by atoms with van der Waals surface area (Å²) in [6.07, 6.45) is 1.70. The normalized spacial score (nSPS) is 10.5. The largest absolute Gasteiger partial charge is 0.456 e. The number of thiophene rings is 1. The number of carbonyl (C=O) groups is 1. The molecule has 0 saturated heterocycles. The summed E-state index contributed by atoms with van der Waals surface area (Å²) in [7, 11) is 0. The lowest BCUT2D eigenvalue weighted by molar-refractivity contribution is 0.0465. The highest BCUT2D eigenvalue weighted by Gasteiger charge is 2.12. The van der Waals surface area contributed by atoms with Gasteiger partial charge in [-0.2, -0.15) is 16.4 Å². The Kier molecular flexibility index (Phi) is 3.70. The van der Waals surface area contributed by atoms with Gasteiger partial charge in [-0.05, 0) is 41.1 Å². The van der Waals surface area contributed by atoms with Crippen LogP contribution in [-0.2, 0) is 11.3 Å². The predicted molar refractivity (Wildman–Crippen MR) is 81.4 cm³/mol. The summed E-state index contributed by atoms with van der Waals surface area (Å²) >= 11 is 1.57. The number of nitrogens with two attached hydrogens (primary N) is 1. The Hall–Kier alpha value is -2.60. The summed E-state index contributed by atoms with van der Waals surface area (Å²) in [6, 6.07) is 10.8. The molecule has 0 spiro atoms. The molecule has 0 bridgehead atoms. The van der Waals surface area contributed by atoms with E-state index < -0.39 is 5.97 Å². The van der Waals surface area contributed by atoms with Crippen molar-refractivity contribution in [2.45, 2.75) is 6.61 Å². The monoisotopic (exact) mass is 299 g/mol. The standard InChI is InChI=1S/C15H13N3O2S/c16-12-2-1-3-13(8-12)18-6-4-14(17-18)15(19)20-9-11-5-7-21-10-11/h1-8,10H,9,16H2. The third kappa shape index (κ3) is 3.11. The van der Waals surface area contributed by atoms with Crippen molar-refractivity contribution in [3.8, 4) is 5.69 Å². The maximum Gasteiger partial charge on any atom is 0.359 e. The highest BCUT2D eigenvalue weighted by molar-refractivity contribution is 7.07. The SMILES string of the molecule is Nc1cccc(-n2ccc(C(=O)OCc3ccsc3)n2)c1. The second-order valence-electron chi connectivity index (χ2n) is 4.45. The molecule has 2 heterocycles. The molecule has 21 heavy (non-hydrogen) atoms. The van der Waals surface area contributed by atoms with E-state index in [2.05, 4.69) is 5.10 Å². The Morgan fingerprint density at radius 2 is 2.24 bits per heavy atom. The second kappa shape index (κ2) is 5.80. The van der Waals surface area contributed by atoms with Crippen LogP contribution in [0.4, 0.5) is 5.69 Å². The summed E-state index contributed by atoms with van der Waals surface area (Å²) in [5.74, 6) is -0.441. The van der Waals surface area contributed by atoms with Crippen molar-refractivity contribution >= 4 is 23.0 Å². The topological polar surface area (TPSA) is 70.1 Å². The number of aromatic nitrogens is 2. The second-order valence-corrected chi connectivity index (χ2v) is 5.23. The maximum atomic E-state index is 11.9. The summed E-state index contributed by atoms with van der Waals surface area (Å²) in [5, 5.41) is 8.10. The van der Waals surface area contributed by atoms with Crippen LogP contribution in [0.2, 0.25) is 0 Å². The van der Waals surface area contributed by atoms with Gasteiger partial charge in [0.25, 0.3) is 0 Å². The van der Waals surface area contributed by atoms with Crippen molar-refractivity contribution in [2.24, 2.45) is 0 Å².